The molecule has 0 unspecified atom stereocenters. The van der Waals surface area contributed by atoms with Crippen LogP contribution in [0.1, 0.15) is 64.5 Å². The van der Waals surface area contributed by atoms with E-state index in [9.17, 15) is 63.3 Å². The predicted octanol–water partition coefficient (Wildman–Crippen LogP) is -3.77. The first-order chi connectivity index (χ1) is 35.0. The number of H-pyrrole nitrogens is 1. The van der Waals surface area contributed by atoms with E-state index in [1.807, 2.05) is 24.3 Å². The lowest BCUT2D eigenvalue weighted by Gasteiger charge is -2.28. The quantitative estimate of drug-likeness (QED) is 0.0217. The SMILES string of the molecule is CC(C)[C@H](NC(=O)[C@@H](N)Cc1c[nH]c2ccccc12)C(=O)N[C@@H](Cc1ccccc1)C(=O)N[C@@H](CO)C(=O)N[C@@H](CC(N)=O)C(=O)N[C@@H](C)C(=O)N[C@H](C(=O)N[C@@H](CS)C(=O)N[C@@H](CCCCN)C(=O)O)[C@@H](C)O. The highest BCUT2D eigenvalue weighted by Gasteiger charge is 2.36. The van der Waals surface area contributed by atoms with E-state index < -0.39 is 139 Å². The van der Waals surface area contributed by atoms with Crippen LogP contribution in [0.3, 0.4) is 0 Å². The maximum Gasteiger partial charge on any atom is 0.326 e. The van der Waals surface area contributed by atoms with Gasteiger partial charge < -0.3 is 80.0 Å². The van der Waals surface area contributed by atoms with Gasteiger partial charge in [0.25, 0.3) is 0 Å². The number of thiol groups is 1. The lowest BCUT2D eigenvalue weighted by atomic mass is 9.99. The van der Waals surface area contributed by atoms with Crippen molar-refractivity contribution in [1.29, 1.82) is 0 Å². The van der Waals surface area contributed by atoms with Crippen molar-refractivity contribution in [3.8, 4) is 0 Å². The van der Waals surface area contributed by atoms with Crippen LogP contribution in [0.25, 0.3) is 10.9 Å². The van der Waals surface area contributed by atoms with Gasteiger partial charge in [0.05, 0.1) is 25.2 Å². The molecule has 0 radical (unpaired) electrons. The van der Waals surface area contributed by atoms with E-state index in [4.69, 9.17) is 17.2 Å². The number of aromatic amines is 1. The molecule has 0 aliphatic carbocycles. The Labute approximate surface area is 432 Å². The molecule has 3 aromatic rings. The zero-order chi connectivity index (χ0) is 55.2. The number of rotatable bonds is 31. The number of nitrogens with one attached hydrogen (secondary N) is 9. The van der Waals surface area contributed by atoms with Crippen molar-refractivity contribution in [3.05, 3.63) is 71.9 Å². The van der Waals surface area contributed by atoms with Crippen molar-refractivity contribution in [2.75, 3.05) is 18.9 Å². The number of hydrogen-bond acceptors (Lipinski definition) is 15. The van der Waals surface area contributed by atoms with E-state index in [0.717, 1.165) is 30.3 Å². The van der Waals surface area contributed by atoms with Crippen LogP contribution >= 0.6 is 12.6 Å². The molecule has 10 atom stereocenters. The summed E-state index contributed by atoms with van der Waals surface area (Å²) in [6.45, 7) is 4.89. The summed E-state index contributed by atoms with van der Waals surface area (Å²) >= 11 is 4.07. The average Bonchev–Trinajstić information content (AvgIpc) is 3.76. The van der Waals surface area contributed by atoms with Crippen LogP contribution in [-0.2, 0) is 60.8 Å². The minimum Gasteiger partial charge on any atom is -0.480 e. The van der Waals surface area contributed by atoms with Crippen LogP contribution in [-0.4, -0.2) is 159 Å². The van der Waals surface area contributed by atoms with Crippen molar-refractivity contribution >= 4 is 82.7 Å². The number of aliphatic hydroxyl groups excluding tert-OH is 2. The van der Waals surface area contributed by atoms with Crippen LogP contribution in [0.15, 0.2) is 60.8 Å². The fraction of sp³-hybridized carbons (Fsp3) is 0.500. The van der Waals surface area contributed by atoms with Gasteiger partial charge in [-0.1, -0.05) is 62.4 Å². The number of unbranched alkanes of at least 4 members (excludes halogenated alkanes) is 1. The highest BCUT2D eigenvalue weighted by atomic mass is 32.1. The number of carbonyl (C=O) groups excluding carboxylic acids is 9. The van der Waals surface area contributed by atoms with Gasteiger partial charge in [0.1, 0.15) is 48.3 Å². The number of para-hydroxylation sites is 1. The first kappa shape index (κ1) is 61.2. The third kappa shape index (κ3) is 19.0. The number of carboxylic acid groups (broad SMARTS) is 1. The van der Waals surface area contributed by atoms with Gasteiger partial charge in [-0.05, 0) is 69.2 Å². The maximum atomic E-state index is 14.0. The Bertz CT molecular complexity index is 2420. The molecule has 0 saturated heterocycles. The smallest absolute Gasteiger partial charge is 0.326 e. The number of aliphatic carboxylic acids is 1. The first-order valence-corrected chi connectivity index (χ1v) is 24.5. The number of aromatic nitrogens is 1. The summed E-state index contributed by atoms with van der Waals surface area (Å²) < 4.78 is 0. The van der Waals surface area contributed by atoms with E-state index >= 15 is 0 Å². The minimum atomic E-state index is -1.81. The molecule has 2 aromatic carbocycles. The Morgan fingerprint density at radius 1 is 0.622 bits per heavy atom. The average molecular weight is 1060 g/mol. The molecular formula is C48H70N12O13S. The Kier molecular flexibility index (Phi) is 24.9. The number of hydrogen-bond donors (Lipinski definition) is 16. The summed E-state index contributed by atoms with van der Waals surface area (Å²) in [4.78, 5) is 135. The molecular weight excluding hydrogens is 985 g/mol. The topological polar surface area (TPSA) is 421 Å². The second-order valence-electron chi connectivity index (χ2n) is 18.0. The normalized spacial score (nSPS) is 15.3. The standard InChI is InChI=1S/C48H70N12O13S/c1-24(2)38(59-41(65)30(50)19-28-21-52-31-15-9-8-14-29(28)31)46(70)56-33(18-27-12-6-5-7-13-27)43(67)57-35(22-61)44(68)55-34(20-37(51)63)42(66)53-25(3)40(64)60-39(26(4)62)47(71)58-36(23-74)45(69)54-32(48(72)73)16-10-11-17-49/h5-9,12-15,21,24-26,30,32-36,38-39,52,61-62,74H,10-11,16-20,22-23,49-50H2,1-4H3,(H2,51,63)(H,53,66)(H,54,69)(H,55,68)(H,56,70)(H,57,67)(H,58,71)(H,59,65)(H,60,64)(H,72,73)/t25-,26+,30-,32-,33-,34-,35-,36-,38-,39-/m0/s1. The molecule has 0 aliphatic rings. The predicted molar refractivity (Wildman–Crippen MR) is 273 cm³/mol. The summed E-state index contributed by atoms with van der Waals surface area (Å²) in [5.41, 5.74) is 19.4. The van der Waals surface area contributed by atoms with Gasteiger partial charge in [-0.15, -0.1) is 0 Å². The second-order valence-corrected chi connectivity index (χ2v) is 18.4. The molecule has 9 amide bonds. The molecule has 25 nitrogen and oxygen atoms in total. The molecule has 0 fully saturated rings. The highest BCUT2D eigenvalue weighted by molar-refractivity contribution is 7.80. The summed E-state index contributed by atoms with van der Waals surface area (Å²) in [7, 11) is 0. The van der Waals surface area contributed by atoms with Gasteiger partial charge in [0, 0.05) is 29.3 Å². The Balaban J connectivity index is 1.71. The third-order valence-corrected chi connectivity index (χ3v) is 12.0. The van der Waals surface area contributed by atoms with E-state index in [1.54, 1.807) is 50.4 Å². The lowest BCUT2D eigenvalue weighted by molar-refractivity contribution is -0.142. The first-order valence-electron chi connectivity index (χ1n) is 23.9. The van der Waals surface area contributed by atoms with Crippen molar-refractivity contribution in [2.45, 2.75) is 127 Å². The van der Waals surface area contributed by atoms with E-state index in [0.29, 0.717) is 24.9 Å². The largest absolute Gasteiger partial charge is 0.480 e. The number of fused-ring (bicyclic) bond motifs is 1. The van der Waals surface area contributed by atoms with Gasteiger partial charge in [0.15, 0.2) is 0 Å². The Morgan fingerprint density at radius 2 is 1.16 bits per heavy atom. The molecule has 0 bridgehead atoms. The molecule has 0 aliphatic heterocycles. The zero-order valence-electron chi connectivity index (χ0n) is 41.6. The van der Waals surface area contributed by atoms with Gasteiger partial charge in [-0.25, -0.2) is 4.79 Å². The van der Waals surface area contributed by atoms with Gasteiger partial charge in [0.2, 0.25) is 53.2 Å². The number of carbonyl (C=O) groups is 10. The number of nitrogens with two attached hydrogens (primary N) is 3. The van der Waals surface area contributed by atoms with Crippen LogP contribution < -0.4 is 59.7 Å². The van der Waals surface area contributed by atoms with Gasteiger partial charge in [-0.2, -0.15) is 12.6 Å². The summed E-state index contributed by atoms with van der Waals surface area (Å²) in [6, 6.07) is 2.65. The number of benzene rings is 2. The monoisotopic (exact) mass is 1050 g/mol. The molecule has 26 heteroatoms. The lowest BCUT2D eigenvalue weighted by Crippen LogP contribution is -2.62. The van der Waals surface area contributed by atoms with Crippen molar-refractivity contribution in [1.82, 2.24) is 47.5 Å². The maximum absolute atomic E-state index is 14.0. The van der Waals surface area contributed by atoms with Crippen LogP contribution in [0.5, 0.6) is 0 Å². The van der Waals surface area contributed by atoms with Crippen LogP contribution in [0.2, 0.25) is 0 Å². The summed E-state index contributed by atoms with van der Waals surface area (Å²) in [5, 5.41) is 50.2. The molecule has 0 spiro atoms. The van der Waals surface area contributed by atoms with E-state index in [1.165, 1.54) is 0 Å². The minimum absolute atomic E-state index is 0.0513. The van der Waals surface area contributed by atoms with Gasteiger partial charge >= 0.3 is 5.97 Å². The van der Waals surface area contributed by atoms with Crippen molar-refractivity contribution in [2.24, 2.45) is 23.1 Å². The molecule has 0 saturated carbocycles. The Morgan fingerprint density at radius 3 is 1.76 bits per heavy atom. The summed E-state index contributed by atoms with van der Waals surface area (Å²) in [5.74, 6) is -11.0. The van der Waals surface area contributed by atoms with Crippen molar-refractivity contribution in [3.63, 3.8) is 0 Å². The van der Waals surface area contributed by atoms with E-state index in [-0.39, 0.29) is 25.0 Å². The summed E-state index contributed by atoms with van der Waals surface area (Å²) in [6.07, 6.45) is 0.267. The molecule has 3 rings (SSSR count). The highest BCUT2D eigenvalue weighted by Crippen LogP contribution is 2.19. The molecule has 74 heavy (non-hydrogen) atoms. The van der Waals surface area contributed by atoms with Crippen LogP contribution in [0.4, 0.5) is 0 Å². The second kappa shape index (κ2) is 30.2. The molecule has 406 valence electrons. The van der Waals surface area contributed by atoms with Gasteiger partial charge in [-0.3, -0.25) is 43.2 Å². The fourth-order valence-electron chi connectivity index (χ4n) is 7.44. The fourth-order valence-corrected chi connectivity index (χ4v) is 7.69. The molecule has 1 heterocycles. The van der Waals surface area contributed by atoms with Crippen LogP contribution in [0, 0.1) is 5.92 Å². The number of carboxylic acids is 1. The Hall–Kier alpha value is -7.13. The molecule has 18 N–H and O–H groups in total. The molecule has 1 aromatic heterocycles. The zero-order valence-corrected chi connectivity index (χ0v) is 42.5. The third-order valence-electron chi connectivity index (χ3n) is 11.7. The van der Waals surface area contributed by atoms with Crippen molar-refractivity contribution < 1.29 is 63.3 Å². The number of aliphatic hydroxyl groups is 2. The number of amides is 9. The number of primary amides is 1. The van der Waals surface area contributed by atoms with E-state index in [2.05, 4.69) is 60.1 Å².